The van der Waals surface area contributed by atoms with E-state index < -0.39 is 0 Å². The van der Waals surface area contributed by atoms with Gasteiger partial charge in [-0.25, -0.2) is 0 Å². The van der Waals surface area contributed by atoms with Gasteiger partial charge in [-0.1, -0.05) is 24.3 Å². The molecule has 1 unspecified atom stereocenters. The Hall–Kier alpha value is -0.900. The van der Waals surface area contributed by atoms with Crippen LogP contribution in [-0.2, 0) is 6.42 Å². The summed E-state index contributed by atoms with van der Waals surface area (Å²) in [5.74, 6) is 0. The number of hydrogen-bond donors (Lipinski definition) is 3. The van der Waals surface area contributed by atoms with Crippen molar-refractivity contribution in [1.29, 1.82) is 0 Å². The molecule has 0 amide bonds. The first-order chi connectivity index (χ1) is 6.29. The van der Waals surface area contributed by atoms with Crippen molar-refractivity contribution in [3.8, 4) is 0 Å². The molecule has 72 valence electrons. The Morgan fingerprint density at radius 2 is 1.85 bits per heavy atom. The summed E-state index contributed by atoms with van der Waals surface area (Å²) in [4.78, 5) is 0. The molecule has 3 nitrogen and oxygen atoms in total. The summed E-state index contributed by atoms with van der Waals surface area (Å²) in [5, 5.41) is 0. The van der Waals surface area contributed by atoms with Crippen LogP contribution in [0.1, 0.15) is 17.2 Å². The molecule has 1 atom stereocenters. The van der Waals surface area contributed by atoms with Gasteiger partial charge in [-0.3, -0.25) is 0 Å². The van der Waals surface area contributed by atoms with Crippen LogP contribution in [0.2, 0.25) is 0 Å². The molecule has 0 aliphatic rings. The summed E-state index contributed by atoms with van der Waals surface area (Å²) in [7, 11) is 0. The Kier molecular flexibility index (Phi) is 3.89. The number of hydrogen-bond acceptors (Lipinski definition) is 3. The van der Waals surface area contributed by atoms with Gasteiger partial charge in [0, 0.05) is 12.6 Å². The van der Waals surface area contributed by atoms with E-state index in [4.69, 9.17) is 17.2 Å². The minimum absolute atomic E-state index is 0.0669. The molecule has 0 saturated carbocycles. The summed E-state index contributed by atoms with van der Waals surface area (Å²) in [6, 6.07) is 7.98. The first-order valence-corrected chi connectivity index (χ1v) is 4.53. The van der Waals surface area contributed by atoms with Gasteiger partial charge in [-0.05, 0) is 24.1 Å². The largest absolute Gasteiger partial charge is 0.330 e. The highest BCUT2D eigenvalue weighted by Crippen LogP contribution is 2.15. The van der Waals surface area contributed by atoms with E-state index in [0.717, 1.165) is 12.0 Å². The van der Waals surface area contributed by atoms with Gasteiger partial charge < -0.3 is 17.2 Å². The van der Waals surface area contributed by atoms with Gasteiger partial charge in [0.2, 0.25) is 0 Å². The first kappa shape index (κ1) is 10.2. The van der Waals surface area contributed by atoms with Crippen molar-refractivity contribution in [2.24, 2.45) is 17.2 Å². The van der Waals surface area contributed by atoms with E-state index in [1.54, 1.807) is 0 Å². The van der Waals surface area contributed by atoms with Crippen LogP contribution in [0.15, 0.2) is 24.3 Å². The zero-order valence-electron chi connectivity index (χ0n) is 7.74. The van der Waals surface area contributed by atoms with Crippen molar-refractivity contribution in [2.45, 2.75) is 12.5 Å². The summed E-state index contributed by atoms with van der Waals surface area (Å²) in [5.41, 5.74) is 19.2. The average Bonchev–Trinajstić information content (AvgIpc) is 2.18. The van der Waals surface area contributed by atoms with Crippen LogP contribution in [0, 0.1) is 0 Å². The summed E-state index contributed by atoms with van der Waals surface area (Å²) >= 11 is 0. The van der Waals surface area contributed by atoms with Gasteiger partial charge >= 0.3 is 0 Å². The molecule has 0 saturated heterocycles. The van der Waals surface area contributed by atoms with E-state index in [1.165, 1.54) is 5.56 Å². The lowest BCUT2D eigenvalue weighted by Crippen LogP contribution is -2.22. The lowest BCUT2D eigenvalue weighted by atomic mass is 9.99. The van der Waals surface area contributed by atoms with Crippen LogP contribution in [0.25, 0.3) is 0 Å². The van der Waals surface area contributed by atoms with Crippen LogP contribution in [0.5, 0.6) is 0 Å². The zero-order valence-corrected chi connectivity index (χ0v) is 7.74. The molecule has 0 aliphatic heterocycles. The second kappa shape index (κ2) is 4.97. The predicted molar refractivity (Wildman–Crippen MR) is 55.2 cm³/mol. The third kappa shape index (κ3) is 2.52. The second-order valence-electron chi connectivity index (χ2n) is 3.08. The van der Waals surface area contributed by atoms with Gasteiger partial charge in [0.05, 0.1) is 0 Å². The normalized spacial score (nSPS) is 12.8. The van der Waals surface area contributed by atoms with Crippen molar-refractivity contribution >= 4 is 0 Å². The van der Waals surface area contributed by atoms with Gasteiger partial charge in [0.1, 0.15) is 0 Å². The molecule has 0 spiro atoms. The Morgan fingerprint density at radius 1 is 1.15 bits per heavy atom. The Morgan fingerprint density at radius 3 is 2.46 bits per heavy atom. The van der Waals surface area contributed by atoms with E-state index >= 15 is 0 Å². The number of rotatable bonds is 4. The molecule has 3 heteroatoms. The average molecular weight is 179 g/mol. The standard InChI is InChI=1S/C10H17N3/c11-6-5-8-3-1-2-4-9(8)10(13)7-12/h1-4,10H,5-7,11-13H2. The highest BCUT2D eigenvalue weighted by atomic mass is 14.7. The van der Waals surface area contributed by atoms with Gasteiger partial charge in [-0.2, -0.15) is 0 Å². The topological polar surface area (TPSA) is 78.1 Å². The summed E-state index contributed by atoms with van der Waals surface area (Å²) in [6.07, 6.45) is 0.865. The molecule has 0 aliphatic carbocycles. The molecule has 6 N–H and O–H groups in total. The predicted octanol–water partition coefficient (Wildman–Crippen LogP) is 0.146. The quantitative estimate of drug-likeness (QED) is 0.615. The Bertz CT molecular complexity index is 260. The fourth-order valence-corrected chi connectivity index (χ4v) is 1.41. The fraction of sp³-hybridized carbons (Fsp3) is 0.400. The van der Waals surface area contributed by atoms with Crippen LogP contribution < -0.4 is 17.2 Å². The maximum absolute atomic E-state index is 5.86. The Balaban J connectivity index is 2.90. The van der Waals surface area contributed by atoms with E-state index in [-0.39, 0.29) is 6.04 Å². The third-order valence-electron chi connectivity index (χ3n) is 2.12. The number of benzene rings is 1. The molecule has 1 aromatic rings. The van der Waals surface area contributed by atoms with E-state index in [1.807, 2.05) is 18.2 Å². The molecular weight excluding hydrogens is 162 g/mol. The molecule has 0 radical (unpaired) electrons. The lowest BCUT2D eigenvalue weighted by molar-refractivity contribution is 0.723. The SMILES string of the molecule is NCCc1ccccc1C(N)CN. The fourth-order valence-electron chi connectivity index (χ4n) is 1.41. The molecule has 0 fully saturated rings. The highest BCUT2D eigenvalue weighted by Gasteiger charge is 2.07. The van der Waals surface area contributed by atoms with Crippen molar-refractivity contribution < 1.29 is 0 Å². The monoisotopic (exact) mass is 179 g/mol. The van der Waals surface area contributed by atoms with Crippen LogP contribution in [0.3, 0.4) is 0 Å². The minimum Gasteiger partial charge on any atom is -0.330 e. The smallest absolute Gasteiger partial charge is 0.0422 e. The molecule has 0 aromatic heterocycles. The van der Waals surface area contributed by atoms with Crippen molar-refractivity contribution in [2.75, 3.05) is 13.1 Å². The summed E-state index contributed by atoms with van der Waals surface area (Å²) in [6.45, 7) is 1.12. The first-order valence-electron chi connectivity index (χ1n) is 4.53. The van der Waals surface area contributed by atoms with Crippen molar-refractivity contribution in [1.82, 2.24) is 0 Å². The van der Waals surface area contributed by atoms with E-state index in [2.05, 4.69) is 6.07 Å². The van der Waals surface area contributed by atoms with Crippen LogP contribution >= 0.6 is 0 Å². The van der Waals surface area contributed by atoms with Gasteiger partial charge in [-0.15, -0.1) is 0 Å². The van der Waals surface area contributed by atoms with E-state index in [9.17, 15) is 0 Å². The molecule has 0 heterocycles. The molecule has 13 heavy (non-hydrogen) atoms. The lowest BCUT2D eigenvalue weighted by Gasteiger charge is -2.13. The second-order valence-corrected chi connectivity index (χ2v) is 3.08. The highest BCUT2D eigenvalue weighted by molar-refractivity contribution is 5.30. The van der Waals surface area contributed by atoms with E-state index in [0.29, 0.717) is 13.1 Å². The van der Waals surface area contributed by atoms with Crippen LogP contribution in [-0.4, -0.2) is 13.1 Å². The molecule has 1 rings (SSSR count). The van der Waals surface area contributed by atoms with Gasteiger partial charge in [0.15, 0.2) is 0 Å². The third-order valence-corrected chi connectivity index (χ3v) is 2.12. The van der Waals surface area contributed by atoms with Crippen molar-refractivity contribution in [3.63, 3.8) is 0 Å². The maximum Gasteiger partial charge on any atom is 0.0422 e. The van der Waals surface area contributed by atoms with Crippen LogP contribution in [0.4, 0.5) is 0 Å². The number of nitrogens with two attached hydrogens (primary N) is 3. The molecular formula is C10H17N3. The van der Waals surface area contributed by atoms with Gasteiger partial charge in [0.25, 0.3) is 0 Å². The molecule has 0 bridgehead atoms. The summed E-state index contributed by atoms with van der Waals surface area (Å²) < 4.78 is 0. The zero-order chi connectivity index (χ0) is 9.68. The minimum atomic E-state index is -0.0669. The molecule has 1 aromatic carbocycles. The maximum atomic E-state index is 5.86. The Labute approximate surface area is 78.9 Å². The van der Waals surface area contributed by atoms with Crippen molar-refractivity contribution in [3.05, 3.63) is 35.4 Å².